The standard InChI is InChI=1S/C24H18ClN3O4S/c1-30-19-8-6-17(25)23-22(19)27-24(33-23)28(13-16-3-2-10-26-12-16)21(29)9-5-15-4-7-18-20(11-15)32-14-31-18/h2-12H,13-14H2,1H3/b9-5+. The number of halogens is 1. The molecule has 166 valence electrons. The molecule has 33 heavy (non-hydrogen) atoms. The monoisotopic (exact) mass is 479 g/mol. The Morgan fingerprint density at radius 1 is 1.24 bits per heavy atom. The first-order valence-corrected chi connectivity index (χ1v) is 11.2. The van der Waals surface area contributed by atoms with Gasteiger partial charge in [-0.3, -0.25) is 14.7 Å². The summed E-state index contributed by atoms with van der Waals surface area (Å²) in [6.45, 7) is 0.502. The quantitative estimate of drug-likeness (QED) is 0.348. The Kier molecular flexibility index (Phi) is 5.85. The molecule has 0 saturated carbocycles. The lowest BCUT2D eigenvalue weighted by molar-refractivity contribution is -0.114. The fourth-order valence-electron chi connectivity index (χ4n) is 3.41. The molecule has 0 aliphatic carbocycles. The Morgan fingerprint density at radius 2 is 2.12 bits per heavy atom. The molecule has 3 heterocycles. The number of carbonyl (C=O) groups excluding carboxylic acids is 1. The third kappa shape index (κ3) is 4.35. The van der Waals surface area contributed by atoms with Crippen LogP contribution in [-0.4, -0.2) is 29.8 Å². The maximum Gasteiger partial charge on any atom is 0.253 e. The van der Waals surface area contributed by atoms with E-state index in [2.05, 4.69) is 9.97 Å². The van der Waals surface area contributed by atoms with Crippen LogP contribution < -0.4 is 19.1 Å². The van der Waals surface area contributed by atoms with Gasteiger partial charge in [0.05, 0.1) is 23.4 Å². The van der Waals surface area contributed by atoms with Crippen LogP contribution in [0.5, 0.6) is 17.2 Å². The van der Waals surface area contributed by atoms with Gasteiger partial charge in [-0.05, 0) is 47.5 Å². The van der Waals surface area contributed by atoms with Crippen LogP contribution in [0.15, 0.2) is 60.9 Å². The summed E-state index contributed by atoms with van der Waals surface area (Å²) < 4.78 is 17.0. The highest BCUT2D eigenvalue weighted by atomic mass is 35.5. The van der Waals surface area contributed by atoms with Crippen molar-refractivity contribution < 1.29 is 19.0 Å². The van der Waals surface area contributed by atoms with E-state index < -0.39 is 0 Å². The lowest BCUT2D eigenvalue weighted by atomic mass is 10.2. The fraction of sp³-hybridized carbons (Fsp3) is 0.125. The number of methoxy groups -OCH3 is 1. The first-order valence-electron chi connectivity index (χ1n) is 10.0. The van der Waals surface area contributed by atoms with Crippen molar-refractivity contribution in [2.24, 2.45) is 0 Å². The molecule has 0 fully saturated rings. The number of thiazole rings is 1. The predicted octanol–water partition coefficient (Wildman–Crippen LogP) is 5.33. The van der Waals surface area contributed by atoms with Gasteiger partial charge >= 0.3 is 0 Å². The van der Waals surface area contributed by atoms with Crippen molar-refractivity contribution in [2.75, 3.05) is 18.8 Å². The highest BCUT2D eigenvalue weighted by Crippen LogP contribution is 2.39. The molecule has 2 aromatic heterocycles. The number of amides is 1. The SMILES string of the molecule is COc1ccc(Cl)c2sc(N(Cc3cccnc3)C(=O)/C=C/c3ccc4c(c3)OCO4)nc12. The Bertz CT molecular complexity index is 1360. The van der Waals surface area contributed by atoms with E-state index in [-0.39, 0.29) is 12.7 Å². The van der Waals surface area contributed by atoms with E-state index in [4.69, 9.17) is 25.8 Å². The number of hydrogen-bond donors (Lipinski definition) is 0. The first kappa shape index (κ1) is 21.2. The normalized spacial score (nSPS) is 12.4. The van der Waals surface area contributed by atoms with Gasteiger partial charge in [-0.1, -0.05) is 35.1 Å². The number of anilines is 1. The van der Waals surface area contributed by atoms with Crippen LogP contribution in [0, 0.1) is 0 Å². The average Bonchev–Trinajstić information content (AvgIpc) is 3.49. The zero-order chi connectivity index (χ0) is 22.8. The summed E-state index contributed by atoms with van der Waals surface area (Å²) in [5.41, 5.74) is 2.32. The minimum Gasteiger partial charge on any atom is -0.494 e. The Labute approximate surface area is 198 Å². The minimum absolute atomic E-state index is 0.198. The molecular formula is C24H18ClN3O4S. The van der Waals surface area contributed by atoms with Crippen molar-refractivity contribution in [2.45, 2.75) is 6.54 Å². The average molecular weight is 480 g/mol. The second-order valence-electron chi connectivity index (χ2n) is 7.16. The van der Waals surface area contributed by atoms with Crippen molar-refractivity contribution in [3.05, 3.63) is 77.1 Å². The lowest BCUT2D eigenvalue weighted by Gasteiger charge is -2.18. The van der Waals surface area contributed by atoms with Gasteiger partial charge in [0.15, 0.2) is 16.6 Å². The number of benzene rings is 2. The van der Waals surface area contributed by atoms with E-state index in [1.807, 2.05) is 30.3 Å². The van der Waals surface area contributed by atoms with Gasteiger partial charge < -0.3 is 14.2 Å². The molecule has 0 radical (unpaired) electrons. The summed E-state index contributed by atoms with van der Waals surface area (Å²) in [7, 11) is 1.58. The second-order valence-corrected chi connectivity index (χ2v) is 8.54. The van der Waals surface area contributed by atoms with Crippen molar-refractivity contribution in [1.29, 1.82) is 0 Å². The van der Waals surface area contributed by atoms with Crippen molar-refractivity contribution in [3.63, 3.8) is 0 Å². The topological polar surface area (TPSA) is 73.8 Å². The number of pyridine rings is 1. The summed E-state index contributed by atoms with van der Waals surface area (Å²) in [6, 6.07) is 12.8. The number of rotatable bonds is 6. The van der Waals surface area contributed by atoms with Gasteiger partial charge in [-0.25, -0.2) is 4.98 Å². The van der Waals surface area contributed by atoms with Crippen molar-refractivity contribution in [1.82, 2.24) is 9.97 Å². The number of nitrogens with zero attached hydrogens (tertiary/aromatic N) is 3. The summed E-state index contributed by atoms with van der Waals surface area (Å²) >= 11 is 7.74. The van der Waals surface area contributed by atoms with Gasteiger partial charge in [-0.2, -0.15) is 0 Å². The summed E-state index contributed by atoms with van der Waals surface area (Å²) in [5.74, 6) is 1.72. The molecule has 0 bridgehead atoms. The molecular weight excluding hydrogens is 462 g/mol. The number of ether oxygens (including phenoxy) is 3. The predicted molar refractivity (Wildman–Crippen MR) is 128 cm³/mol. The molecule has 4 aromatic rings. The van der Waals surface area contributed by atoms with Crippen LogP contribution in [0.1, 0.15) is 11.1 Å². The molecule has 0 saturated heterocycles. The van der Waals surface area contributed by atoms with Crippen molar-refractivity contribution >= 4 is 50.3 Å². The van der Waals surface area contributed by atoms with Crippen molar-refractivity contribution in [3.8, 4) is 17.2 Å². The molecule has 0 spiro atoms. The van der Waals surface area contributed by atoms with E-state index >= 15 is 0 Å². The van der Waals surface area contributed by atoms with E-state index in [9.17, 15) is 4.79 Å². The molecule has 1 amide bonds. The zero-order valence-corrected chi connectivity index (χ0v) is 19.1. The lowest BCUT2D eigenvalue weighted by Crippen LogP contribution is -2.28. The second kappa shape index (κ2) is 9.09. The summed E-state index contributed by atoms with van der Waals surface area (Å²) in [4.78, 5) is 23.8. The van der Waals surface area contributed by atoms with Gasteiger partial charge in [0.2, 0.25) is 6.79 Å². The highest BCUT2D eigenvalue weighted by molar-refractivity contribution is 7.23. The van der Waals surface area contributed by atoms with E-state index in [1.54, 1.807) is 42.6 Å². The number of aromatic nitrogens is 2. The molecule has 2 aromatic carbocycles. The van der Waals surface area contributed by atoms with E-state index in [1.165, 1.54) is 17.4 Å². The molecule has 9 heteroatoms. The van der Waals surface area contributed by atoms with Crippen LogP contribution in [0.3, 0.4) is 0 Å². The van der Waals surface area contributed by atoms with E-state index in [0.717, 1.165) is 15.8 Å². The number of carbonyl (C=O) groups is 1. The number of fused-ring (bicyclic) bond motifs is 2. The highest BCUT2D eigenvalue weighted by Gasteiger charge is 2.21. The third-order valence-electron chi connectivity index (χ3n) is 5.04. The molecule has 5 rings (SSSR count). The summed E-state index contributed by atoms with van der Waals surface area (Å²) in [6.07, 6.45) is 6.67. The molecule has 0 N–H and O–H groups in total. The largest absolute Gasteiger partial charge is 0.494 e. The van der Waals surface area contributed by atoms with Crippen LogP contribution in [0.4, 0.5) is 5.13 Å². The maximum atomic E-state index is 13.3. The minimum atomic E-state index is -0.231. The molecule has 0 unspecified atom stereocenters. The zero-order valence-electron chi connectivity index (χ0n) is 17.5. The Hall–Kier alpha value is -3.62. The number of hydrogen-bond acceptors (Lipinski definition) is 7. The maximum absolute atomic E-state index is 13.3. The molecule has 7 nitrogen and oxygen atoms in total. The van der Waals surface area contributed by atoms with Gasteiger partial charge in [0.1, 0.15) is 11.3 Å². The van der Waals surface area contributed by atoms with Gasteiger partial charge in [0, 0.05) is 18.5 Å². The van der Waals surface area contributed by atoms with E-state index in [0.29, 0.717) is 39.5 Å². The smallest absolute Gasteiger partial charge is 0.253 e. The molecule has 0 atom stereocenters. The Morgan fingerprint density at radius 3 is 2.94 bits per heavy atom. The molecule has 1 aliphatic rings. The van der Waals surface area contributed by atoms with Crippen LogP contribution in [0.2, 0.25) is 5.02 Å². The van der Waals surface area contributed by atoms with Crippen LogP contribution in [-0.2, 0) is 11.3 Å². The first-order chi connectivity index (χ1) is 16.1. The summed E-state index contributed by atoms with van der Waals surface area (Å²) in [5, 5.41) is 1.07. The van der Waals surface area contributed by atoms with Gasteiger partial charge in [0.25, 0.3) is 5.91 Å². The van der Waals surface area contributed by atoms with Gasteiger partial charge in [-0.15, -0.1) is 0 Å². The van der Waals surface area contributed by atoms with Crippen LogP contribution >= 0.6 is 22.9 Å². The fourth-order valence-corrected chi connectivity index (χ4v) is 4.67. The third-order valence-corrected chi connectivity index (χ3v) is 6.58. The molecule has 1 aliphatic heterocycles. The van der Waals surface area contributed by atoms with Crippen LogP contribution in [0.25, 0.3) is 16.3 Å². The Balaban J connectivity index is 1.50.